The summed E-state index contributed by atoms with van der Waals surface area (Å²) in [5, 5.41) is 5.42. The van der Waals surface area contributed by atoms with E-state index in [9.17, 15) is 0 Å². The van der Waals surface area contributed by atoms with E-state index in [0.717, 1.165) is 17.9 Å². The van der Waals surface area contributed by atoms with E-state index >= 15 is 0 Å². The number of nitrogens with zero attached hydrogens (tertiary/aromatic N) is 4. The van der Waals surface area contributed by atoms with Gasteiger partial charge in [0.1, 0.15) is 12.2 Å². The maximum atomic E-state index is 5.83. The lowest BCUT2D eigenvalue weighted by Crippen LogP contribution is -2.09. The normalized spacial score (nSPS) is 11.3. The van der Waals surface area contributed by atoms with Crippen LogP contribution in [0.15, 0.2) is 36.8 Å². The Kier molecular flexibility index (Phi) is 3.05. The number of hydrogen-bond donors (Lipinski definition) is 1. The molecule has 2 N–H and O–H groups in total. The molecule has 0 spiro atoms. The van der Waals surface area contributed by atoms with Gasteiger partial charge in [0.05, 0.1) is 12.1 Å². The SMILES string of the molecule is CCn1ncnc1Cn1ccc2cccc(CN)c21. The molecule has 2 aromatic heterocycles. The van der Waals surface area contributed by atoms with Crippen molar-refractivity contribution in [2.24, 2.45) is 5.73 Å². The minimum Gasteiger partial charge on any atom is -0.340 e. The summed E-state index contributed by atoms with van der Waals surface area (Å²) in [6.45, 7) is 4.16. The zero-order valence-electron chi connectivity index (χ0n) is 11.0. The molecule has 0 saturated heterocycles. The summed E-state index contributed by atoms with van der Waals surface area (Å²) in [6, 6.07) is 8.34. The van der Waals surface area contributed by atoms with E-state index in [1.165, 1.54) is 10.9 Å². The molecule has 0 unspecified atom stereocenters. The van der Waals surface area contributed by atoms with E-state index < -0.39 is 0 Å². The van der Waals surface area contributed by atoms with Crippen LogP contribution in [-0.2, 0) is 19.6 Å². The van der Waals surface area contributed by atoms with Crippen LogP contribution in [0.3, 0.4) is 0 Å². The quantitative estimate of drug-likeness (QED) is 0.772. The lowest BCUT2D eigenvalue weighted by atomic mass is 10.1. The average molecular weight is 255 g/mol. The topological polar surface area (TPSA) is 61.7 Å². The third-order valence-corrected chi connectivity index (χ3v) is 3.40. The summed E-state index contributed by atoms with van der Waals surface area (Å²) >= 11 is 0. The molecule has 2 heterocycles. The van der Waals surface area contributed by atoms with Crippen LogP contribution in [0.25, 0.3) is 10.9 Å². The van der Waals surface area contributed by atoms with Crippen LogP contribution in [0.1, 0.15) is 18.3 Å². The highest BCUT2D eigenvalue weighted by molar-refractivity contribution is 5.83. The van der Waals surface area contributed by atoms with Gasteiger partial charge >= 0.3 is 0 Å². The van der Waals surface area contributed by atoms with E-state index in [4.69, 9.17) is 5.73 Å². The van der Waals surface area contributed by atoms with Gasteiger partial charge in [0.2, 0.25) is 0 Å². The molecule has 0 amide bonds. The molecule has 3 rings (SSSR count). The molecule has 0 aliphatic rings. The Morgan fingerprint density at radius 1 is 1.26 bits per heavy atom. The number of aromatic nitrogens is 4. The van der Waals surface area contributed by atoms with Gasteiger partial charge in [-0.3, -0.25) is 0 Å². The summed E-state index contributed by atoms with van der Waals surface area (Å²) in [7, 11) is 0. The number of fused-ring (bicyclic) bond motifs is 1. The van der Waals surface area contributed by atoms with Crippen molar-refractivity contribution in [1.82, 2.24) is 19.3 Å². The zero-order chi connectivity index (χ0) is 13.2. The molecule has 3 aromatic rings. The zero-order valence-corrected chi connectivity index (χ0v) is 11.0. The molecule has 0 radical (unpaired) electrons. The molecule has 0 atom stereocenters. The highest BCUT2D eigenvalue weighted by atomic mass is 15.3. The fourth-order valence-corrected chi connectivity index (χ4v) is 2.46. The van der Waals surface area contributed by atoms with Crippen molar-refractivity contribution >= 4 is 10.9 Å². The number of nitrogens with two attached hydrogens (primary N) is 1. The summed E-state index contributed by atoms with van der Waals surface area (Å²) in [4.78, 5) is 4.32. The molecular formula is C14H17N5. The Labute approximate surface area is 111 Å². The summed E-state index contributed by atoms with van der Waals surface area (Å²) in [6.07, 6.45) is 3.69. The number of para-hydroxylation sites is 1. The monoisotopic (exact) mass is 255 g/mol. The molecule has 0 bridgehead atoms. The van der Waals surface area contributed by atoms with Crippen LogP contribution in [0.5, 0.6) is 0 Å². The van der Waals surface area contributed by atoms with Gasteiger partial charge in [-0.05, 0) is 23.9 Å². The molecule has 0 aliphatic heterocycles. The number of hydrogen-bond acceptors (Lipinski definition) is 3. The summed E-state index contributed by atoms with van der Waals surface area (Å²) in [5.41, 5.74) is 8.17. The first-order valence-corrected chi connectivity index (χ1v) is 6.47. The van der Waals surface area contributed by atoms with Crippen molar-refractivity contribution in [3.8, 4) is 0 Å². The van der Waals surface area contributed by atoms with Gasteiger partial charge in [-0.15, -0.1) is 0 Å². The van der Waals surface area contributed by atoms with E-state index in [-0.39, 0.29) is 0 Å². The van der Waals surface area contributed by atoms with Crippen molar-refractivity contribution in [3.63, 3.8) is 0 Å². The molecular weight excluding hydrogens is 238 g/mol. The lowest BCUT2D eigenvalue weighted by molar-refractivity contribution is 0.597. The first kappa shape index (κ1) is 11.9. The maximum Gasteiger partial charge on any atom is 0.146 e. The predicted molar refractivity (Wildman–Crippen MR) is 74.6 cm³/mol. The number of rotatable bonds is 4. The fraction of sp³-hybridized carbons (Fsp3) is 0.286. The van der Waals surface area contributed by atoms with Gasteiger partial charge in [0, 0.05) is 19.3 Å². The van der Waals surface area contributed by atoms with Gasteiger partial charge in [0.15, 0.2) is 0 Å². The summed E-state index contributed by atoms with van der Waals surface area (Å²) in [5.74, 6) is 0.965. The number of aryl methyl sites for hydroxylation is 1. The van der Waals surface area contributed by atoms with E-state index in [2.05, 4.69) is 46.0 Å². The molecule has 19 heavy (non-hydrogen) atoms. The average Bonchev–Trinajstić information content (AvgIpc) is 3.06. The van der Waals surface area contributed by atoms with Crippen LogP contribution in [-0.4, -0.2) is 19.3 Å². The van der Waals surface area contributed by atoms with Crippen molar-refractivity contribution in [2.75, 3.05) is 0 Å². The largest absolute Gasteiger partial charge is 0.340 e. The lowest BCUT2D eigenvalue weighted by Gasteiger charge is -2.09. The Balaban J connectivity index is 2.06. The van der Waals surface area contributed by atoms with Gasteiger partial charge in [-0.2, -0.15) is 5.10 Å². The Morgan fingerprint density at radius 2 is 2.16 bits per heavy atom. The van der Waals surface area contributed by atoms with Crippen molar-refractivity contribution in [3.05, 3.63) is 48.2 Å². The van der Waals surface area contributed by atoms with Crippen LogP contribution in [0.2, 0.25) is 0 Å². The third kappa shape index (κ3) is 2.02. The van der Waals surface area contributed by atoms with Crippen LogP contribution < -0.4 is 5.73 Å². The number of benzene rings is 1. The second kappa shape index (κ2) is 4.85. The first-order chi connectivity index (χ1) is 9.33. The van der Waals surface area contributed by atoms with Crippen LogP contribution >= 0.6 is 0 Å². The second-order valence-corrected chi connectivity index (χ2v) is 4.49. The van der Waals surface area contributed by atoms with Crippen molar-refractivity contribution in [1.29, 1.82) is 0 Å². The summed E-state index contributed by atoms with van der Waals surface area (Å²) < 4.78 is 4.10. The van der Waals surface area contributed by atoms with E-state index in [1.807, 2.05) is 10.7 Å². The van der Waals surface area contributed by atoms with E-state index in [1.54, 1.807) is 6.33 Å². The van der Waals surface area contributed by atoms with Gasteiger partial charge in [-0.25, -0.2) is 9.67 Å². The smallest absolute Gasteiger partial charge is 0.146 e. The van der Waals surface area contributed by atoms with Gasteiger partial charge in [-0.1, -0.05) is 18.2 Å². The Morgan fingerprint density at radius 3 is 2.95 bits per heavy atom. The molecule has 1 aromatic carbocycles. The Hall–Kier alpha value is -2.14. The minimum absolute atomic E-state index is 0.543. The first-order valence-electron chi connectivity index (χ1n) is 6.47. The van der Waals surface area contributed by atoms with Crippen LogP contribution in [0.4, 0.5) is 0 Å². The second-order valence-electron chi connectivity index (χ2n) is 4.49. The maximum absolute atomic E-state index is 5.83. The van der Waals surface area contributed by atoms with Gasteiger partial charge < -0.3 is 10.3 Å². The Bertz CT molecular complexity index is 695. The predicted octanol–water partition coefficient (Wildman–Crippen LogP) is 1.76. The molecule has 0 saturated carbocycles. The molecule has 5 nitrogen and oxygen atoms in total. The van der Waals surface area contributed by atoms with Crippen molar-refractivity contribution < 1.29 is 0 Å². The highest BCUT2D eigenvalue weighted by Gasteiger charge is 2.09. The third-order valence-electron chi connectivity index (χ3n) is 3.40. The molecule has 98 valence electrons. The minimum atomic E-state index is 0.543. The highest BCUT2D eigenvalue weighted by Crippen LogP contribution is 2.20. The van der Waals surface area contributed by atoms with Crippen molar-refractivity contribution in [2.45, 2.75) is 26.6 Å². The van der Waals surface area contributed by atoms with E-state index in [0.29, 0.717) is 13.1 Å². The fourth-order valence-electron chi connectivity index (χ4n) is 2.46. The van der Waals surface area contributed by atoms with Crippen LogP contribution in [0, 0.1) is 0 Å². The molecule has 5 heteroatoms. The van der Waals surface area contributed by atoms with Gasteiger partial charge in [0.25, 0.3) is 0 Å². The molecule has 0 aliphatic carbocycles. The standard InChI is InChI=1S/C14H17N5/c1-2-19-13(16-10-17-19)9-18-7-6-11-4-3-5-12(8-15)14(11)18/h3-7,10H,2,8-9,15H2,1H3. The molecule has 0 fully saturated rings.